The Morgan fingerprint density at radius 1 is 0.864 bits per heavy atom. The number of carbonyl (C=O) groups is 1. The van der Waals surface area contributed by atoms with Crippen molar-refractivity contribution in [3.8, 4) is 23.0 Å². The van der Waals surface area contributed by atoms with Crippen LogP contribution in [0, 0.1) is 0 Å². The summed E-state index contributed by atoms with van der Waals surface area (Å²) in [6, 6.07) is 11.9. The molecule has 15 nitrogen and oxygen atoms in total. The summed E-state index contributed by atoms with van der Waals surface area (Å²) < 4.78 is 56.0. The van der Waals surface area contributed by atoms with E-state index in [2.05, 4.69) is 20.8 Å². The van der Waals surface area contributed by atoms with Gasteiger partial charge in [-0.3, -0.25) is 14.8 Å². The van der Waals surface area contributed by atoms with Gasteiger partial charge in [-0.15, -0.1) is 10.2 Å². The number of rotatable bonds is 13. The zero-order valence-electron chi connectivity index (χ0n) is 23.6. The Hall–Kier alpha value is -5.03. The van der Waals surface area contributed by atoms with Crippen molar-refractivity contribution >= 4 is 50.4 Å². The maximum absolute atomic E-state index is 13.2. The van der Waals surface area contributed by atoms with Crippen molar-refractivity contribution < 1.29 is 46.9 Å². The number of fused-ring (bicyclic) bond motifs is 1. The number of Topliss-reactive ketones (excluding diaryl/α,β-unsaturated/α-hetero) is 1. The van der Waals surface area contributed by atoms with Crippen molar-refractivity contribution in [2.75, 3.05) is 51.8 Å². The summed E-state index contributed by atoms with van der Waals surface area (Å²) in [5, 5.41) is 30.8. The minimum absolute atomic E-state index is 0.0895. The molecule has 1 aliphatic carbocycles. The number of hydrazone groups is 1. The highest BCUT2D eigenvalue weighted by atomic mass is 32.2. The van der Waals surface area contributed by atoms with Gasteiger partial charge in [-0.1, -0.05) is 0 Å². The molecule has 0 aromatic heterocycles. The molecule has 0 heterocycles. The number of aliphatic hydroxyl groups is 2. The number of anilines is 2. The number of azo groups is 1. The van der Waals surface area contributed by atoms with Gasteiger partial charge < -0.3 is 34.9 Å². The molecule has 0 aliphatic heterocycles. The second kappa shape index (κ2) is 14.0. The molecule has 4 rings (SSSR count). The molecule has 3 aromatic rings. The smallest absolute Gasteiger partial charge is 0.296 e. The van der Waals surface area contributed by atoms with Gasteiger partial charge in [0.15, 0.2) is 5.71 Å². The lowest BCUT2D eigenvalue weighted by atomic mass is 9.94. The number of hydrogen-bond acceptors (Lipinski definition) is 14. The molecule has 232 valence electrons. The quantitative estimate of drug-likeness (QED) is 0.0796. The van der Waals surface area contributed by atoms with Gasteiger partial charge in [0.25, 0.3) is 10.1 Å². The molecule has 6 N–H and O–H groups in total. The summed E-state index contributed by atoms with van der Waals surface area (Å²) in [5.41, 5.74) is 9.05. The number of aliphatic hydroxyl groups excluding tert-OH is 2. The number of ether oxygens (including phenoxy) is 4. The topological polar surface area (TPSA) is 224 Å². The van der Waals surface area contributed by atoms with Crippen molar-refractivity contribution in [3.63, 3.8) is 0 Å². The lowest BCUT2D eigenvalue weighted by molar-refractivity contribution is 0.106. The van der Waals surface area contributed by atoms with Gasteiger partial charge in [0.05, 0.1) is 27.4 Å². The van der Waals surface area contributed by atoms with E-state index in [4.69, 9.17) is 29.8 Å². The largest absolute Gasteiger partial charge is 0.494 e. The number of allylic oxidation sites excluding steroid dienone is 1. The Balaban J connectivity index is 1.72. The second-order valence-corrected chi connectivity index (χ2v) is 10.3. The number of nitrogens with zero attached hydrogens (tertiary/aromatic N) is 3. The molecule has 44 heavy (non-hydrogen) atoms. The van der Waals surface area contributed by atoms with Crippen molar-refractivity contribution in [1.29, 1.82) is 0 Å². The van der Waals surface area contributed by atoms with Gasteiger partial charge in [0, 0.05) is 29.4 Å². The molecule has 0 spiro atoms. The van der Waals surface area contributed by atoms with Gasteiger partial charge in [-0.05, 0) is 42.0 Å². The monoisotopic (exact) mass is 627 g/mol. The molecular formula is C28H29N5O10S. The fourth-order valence-corrected chi connectivity index (χ4v) is 4.69. The highest BCUT2D eigenvalue weighted by Crippen LogP contribution is 2.40. The Morgan fingerprint density at radius 2 is 1.55 bits per heavy atom. The number of hydrogen-bond donors (Lipinski definition) is 5. The minimum Gasteiger partial charge on any atom is -0.494 e. The first-order valence-corrected chi connectivity index (χ1v) is 14.3. The van der Waals surface area contributed by atoms with Crippen LogP contribution in [0.25, 0.3) is 6.08 Å². The van der Waals surface area contributed by atoms with E-state index in [0.29, 0.717) is 22.9 Å². The summed E-state index contributed by atoms with van der Waals surface area (Å²) in [5.74, 6) is 0.292. The number of benzene rings is 3. The third-order valence-electron chi connectivity index (χ3n) is 6.03. The molecule has 0 unspecified atom stereocenters. The molecule has 0 saturated carbocycles. The normalized spacial score (nSPS) is 13.9. The second-order valence-electron chi connectivity index (χ2n) is 8.93. The fourth-order valence-electron chi connectivity index (χ4n) is 4.03. The lowest BCUT2D eigenvalue weighted by Crippen LogP contribution is -2.27. The van der Waals surface area contributed by atoms with Crippen LogP contribution in [0.5, 0.6) is 23.0 Å². The van der Waals surface area contributed by atoms with Gasteiger partial charge in [0.1, 0.15) is 58.2 Å². The van der Waals surface area contributed by atoms with Crippen LogP contribution < -0.4 is 30.1 Å². The van der Waals surface area contributed by atoms with E-state index in [1.165, 1.54) is 44.6 Å². The fraction of sp³-hybridized carbons (Fsp3) is 0.214. The summed E-state index contributed by atoms with van der Waals surface area (Å²) in [6.45, 7) is -0.526. The Labute approximate surface area is 252 Å². The number of nitrogens with one attached hydrogen (secondary N) is 1. The molecule has 0 fully saturated rings. The predicted molar refractivity (Wildman–Crippen MR) is 161 cm³/mol. The van der Waals surface area contributed by atoms with Crippen molar-refractivity contribution in [2.45, 2.75) is 0 Å². The molecule has 16 heteroatoms. The maximum Gasteiger partial charge on any atom is 0.296 e. The van der Waals surface area contributed by atoms with Crippen LogP contribution >= 0.6 is 0 Å². The number of methoxy groups -OCH3 is 2. The average Bonchev–Trinajstić information content (AvgIpc) is 3.00. The van der Waals surface area contributed by atoms with E-state index in [0.717, 1.165) is 6.08 Å². The number of carbonyl (C=O) groups excluding carboxylic acids is 1. The molecular weight excluding hydrogens is 598 g/mol. The average molecular weight is 628 g/mol. The first-order chi connectivity index (χ1) is 21.1. The van der Waals surface area contributed by atoms with Crippen LogP contribution in [0.3, 0.4) is 0 Å². The maximum atomic E-state index is 13.2. The highest BCUT2D eigenvalue weighted by molar-refractivity contribution is 7.91. The zero-order valence-corrected chi connectivity index (χ0v) is 24.4. The van der Waals surface area contributed by atoms with Crippen LogP contribution in [0.4, 0.5) is 22.7 Å². The number of ketones is 1. The van der Waals surface area contributed by atoms with E-state index in [9.17, 15) is 22.9 Å². The van der Waals surface area contributed by atoms with E-state index in [-0.39, 0.29) is 60.4 Å². The third-order valence-corrected chi connectivity index (χ3v) is 6.89. The molecule has 0 amide bonds. The zero-order chi connectivity index (χ0) is 31.9. The summed E-state index contributed by atoms with van der Waals surface area (Å²) in [7, 11) is -2.06. The lowest BCUT2D eigenvalue weighted by Gasteiger charge is -2.17. The number of nitrogen functional groups attached to an aromatic ring is 1. The number of nitrogens with two attached hydrogens (primary N) is 1. The molecule has 0 atom stereocenters. The summed E-state index contributed by atoms with van der Waals surface area (Å²) >= 11 is 0. The van der Waals surface area contributed by atoms with Gasteiger partial charge >= 0.3 is 0 Å². The molecule has 0 radical (unpaired) electrons. The molecule has 0 bridgehead atoms. The van der Waals surface area contributed by atoms with E-state index < -0.39 is 26.5 Å². The van der Waals surface area contributed by atoms with Crippen LogP contribution in [0.1, 0.15) is 15.9 Å². The van der Waals surface area contributed by atoms with E-state index in [1.54, 1.807) is 18.2 Å². The van der Waals surface area contributed by atoms with Crippen LogP contribution in [-0.4, -0.2) is 75.3 Å². The third kappa shape index (κ3) is 7.30. The molecule has 3 aromatic carbocycles. The standard InChI is InChI=1S/C28H29N5O10S/c1-40-23-13-18(42-9-7-34)4-6-20(23)30-31-21-15-25(43-10-8-35)22(14-24(21)41-2)32-33-27-26(44(37,38)39)12-16-11-17(29)3-5-19(16)28(27)36/h3-6,11-15,32,34-35H,7-10,29H2,1-2H3,(H,37,38,39)/b31-30+,33-27-. The molecule has 1 aliphatic rings. The van der Waals surface area contributed by atoms with E-state index >= 15 is 0 Å². The first-order valence-electron chi connectivity index (χ1n) is 12.9. The van der Waals surface area contributed by atoms with Crippen LogP contribution in [-0.2, 0) is 10.1 Å². The Kier molecular flexibility index (Phi) is 10.1. The van der Waals surface area contributed by atoms with E-state index in [1.807, 2.05) is 0 Å². The first kappa shape index (κ1) is 31.9. The summed E-state index contributed by atoms with van der Waals surface area (Å²) in [4.78, 5) is 12.5. The Bertz CT molecular complexity index is 1760. The molecule has 0 saturated heterocycles. The van der Waals surface area contributed by atoms with Gasteiger partial charge in [-0.25, -0.2) is 0 Å². The Morgan fingerprint density at radius 3 is 2.23 bits per heavy atom. The van der Waals surface area contributed by atoms with Crippen LogP contribution in [0.2, 0.25) is 0 Å². The van der Waals surface area contributed by atoms with Crippen molar-refractivity contribution in [1.82, 2.24) is 0 Å². The summed E-state index contributed by atoms with van der Waals surface area (Å²) in [6.07, 6.45) is 1.09. The highest BCUT2D eigenvalue weighted by Gasteiger charge is 2.33. The van der Waals surface area contributed by atoms with Crippen molar-refractivity contribution in [2.24, 2.45) is 15.3 Å². The van der Waals surface area contributed by atoms with Gasteiger partial charge in [0.2, 0.25) is 5.78 Å². The van der Waals surface area contributed by atoms with Crippen molar-refractivity contribution in [3.05, 3.63) is 64.6 Å². The SMILES string of the molecule is COc1cc(OCCO)ccc1/N=N/c1cc(OCCO)c(N/N=C2\C(=O)c3ccc(N)cc3C=C2S(=O)(=O)O)cc1OC. The van der Waals surface area contributed by atoms with Gasteiger partial charge in [-0.2, -0.15) is 13.5 Å². The minimum atomic E-state index is -4.88. The predicted octanol–water partition coefficient (Wildman–Crippen LogP) is 3.34. The van der Waals surface area contributed by atoms with Crippen LogP contribution in [0.15, 0.2) is 68.8 Å².